The highest BCUT2D eigenvalue weighted by Gasteiger charge is 2.06. The summed E-state index contributed by atoms with van der Waals surface area (Å²) in [7, 11) is 1.80. The smallest absolute Gasteiger partial charge is 0.0477 e. The van der Waals surface area contributed by atoms with Gasteiger partial charge in [-0.15, -0.1) is 0 Å². The summed E-state index contributed by atoms with van der Waals surface area (Å²) in [6.07, 6.45) is 15.0. The molecule has 1 atom stereocenters. The summed E-state index contributed by atoms with van der Waals surface area (Å²) in [6.45, 7) is 6.55. The zero-order valence-electron chi connectivity index (χ0n) is 13.7. The Morgan fingerprint density at radius 1 is 0.789 bits per heavy atom. The monoisotopic (exact) mass is 271 g/mol. The molecule has 0 saturated carbocycles. The molecule has 116 valence electrons. The molecule has 0 bridgehead atoms. The SMILES string of the molecule is CCCCCCCCCCC(CCOC)NCCC. The fourth-order valence-electron chi connectivity index (χ4n) is 2.48. The molecule has 0 aliphatic rings. The van der Waals surface area contributed by atoms with Gasteiger partial charge in [-0.1, -0.05) is 65.2 Å². The third-order valence-electron chi connectivity index (χ3n) is 3.76. The second-order valence-corrected chi connectivity index (χ2v) is 5.70. The topological polar surface area (TPSA) is 21.3 Å². The molecule has 1 N–H and O–H groups in total. The van der Waals surface area contributed by atoms with Crippen LogP contribution in [0.4, 0.5) is 0 Å². The van der Waals surface area contributed by atoms with Crippen molar-refractivity contribution in [2.24, 2.45) is 0 Å². The highest BCUT2D eigenvalue weighted by Crippen LogP contribution is 2.11. The lowest BCUT2D eigenvalue weighted by molar-refractivity contribution is 0.180. The van der Waals surface area contributed by atoms with Crippen LogP contribution in [-0.2, 0) is 4.74 Å². The lowest BCUT2D eigenvalue weighted by Gasteiger charge is -2.18. The highest BCUT2D eigenvalue weighted by atomic mass is 16.5. The number of ether oxygens (including phenoxy) is 1. The molecule has 0 rings (SSSR count). The molecule has 0 spiro atoms. The molecule has 0 saturated heterocycles. The van der Waals surface area contributed by atoms with E-state index in [-0.39, 0.29) is 0 Å². The van der Waals surface area contributed by atoms with Gasteiger partial charge in [0.05, 0.1) is 0 Å². The maximum absolute atomic E-state index is 5.19. The number of hydrogen-bond acceptors (Lipinski definition) is 2. The van der Waals surface area contributed by atoms with Crippen molar-refractivity contribution in [2.45, 2.75) is 90.5 Å². The minimum absolute atomic E-state index is 0.667. The molecule has 0 aromatic rings. The van der Waals surface area contributed by atoms with Crippen molar-refractivity contribution < 1.29 is 4.74 Å². The third kappa shape index (κ3) is 14.1. The average molecular weight is 271 g/mol. The van der Waals surface area contributed by atoms with Gasteiger partial charge in [-0.2, -0.15) is 0 Å². The van der Waals surface area contributed by atoms with Crippen LogP contribution in [0.2, 0.25) is 0 Å². The molecule has 0 aliphatic heterocycles. The van der Waals surface area contributed by atoms with Crippen molar-refractivity contribution >= 4 is 0 Å². The van der Waals surface area contributed by atoms with Crippen molar-refractivity contribution in [2.75, 3.05) is 20.3 Å². The van der Waals surface area contributed by atoms with Crippen molar-refractivity contribution in [3.8, 4) is 0 Å². The Bertz CT molecular complexity index is 153. The fourth-order valence-corrected chi connectivity index (χ4v) is 2.48. The highest BCUT2D eigenvalue weighted by molar-refractivity contribution is 4.66. The van der Waals surface area contributed by atoms with Crippen LogP contribution in [0.25, 0.3) is 0 Å². The number of nitrogens with one attached hydrogen (secondary N) is 1. The van der Waals surface area contributed by atoms with E-state index in [0.29, 0.717) is 6.04 Å². The van der Waals surface area contributed by atoms with Crippen LogP contribution < -0.4 is 5.32 Å². The third-order valence-corrected chi connectivity index (χ3v) is 3.76. The van der Waals surface area contributed by atoms with Crippen LogP contribution in [0.1, 0.15) is 84.5 Å². The molecular weight excluding hydrogens is 234 g/mol. The second-order valence-electron chi connectivity index (χ2n) is 5.70. The molecule has 0 aromatic carbocycles. The summed E-state index contributed by atoms with van der Waals surface area (Å²) in [5.41, 5.74) is 0. The Morgan fingerprint density at radius 3 is 2.00 bits per heavy atom. The van der Waals surface area contributed by atoms with Crippen molar-refractivity contribution in [3.05, 3.63) is 0 Å². The number of methoxy groups -OCH3 is 1. The van der Waals surface area contributed by atoms with Crippen LogP contribution >= 0.6 is 0 Å². The van der Waals surface area contributed by atoms with Crippen LogP contribution in [0.15, 0.2) is 0 Å². The van der Waals surface area contributed by atoms with E-state index in [2.05, 4.69) is 19.2 Å². The molecule has 0 radical (unpaired) electrons. The Labute approximate surface area is 121 Å². The van der Waals surface area contributed by atoms with Gasteiger partial charge in [0.25, 0.3) is 0 Å². The number of unbranched alkanes of at least 4 members (excludes halogenated alkanes) is 7. The Kier molecular flexibility index (Phi) is 15.9. The van der Waals surface area contributed by atoms with Crippen LogP contribution in [-0.4, -0.2) is 26.3 Å². The first-order valence-corrected chi connectivity index (χ1v) is 8.57. The first kappa shape index (κ1) is 18.9. The Balaban J connectivity index is 3.40. The van der Waals surface area contributed by atoms with Gasteiger partial charge in [0.1, 0.15) is 0 Å². The first-order valence-electron chi connectivity index (χ1n) is 8.57. The van der Waals surface area contributed by atoms with E-state index in [1.54, 1.807) is 7.11 Å². The summed E-state index contributed by atoms with van der Waals surface area (Å²) in [6, 6.07) is 0.667. The minimum Gasteiger partial charge on any atom is -0.385 e. The fraction of sp³-hybridized carbons (Fsp3) is 1.00. The standard InChI is InChI=1S/C17H37NO/c1-4-6-7-8-9-10-11-12-13-17(14-16-19-3)18-15-5-2/h17-18H,4-16H2,1-3H3. The van der Waals surface area contributed by atoms with Crippen molar-refractivity contribution in [1.82, 2.24) is 5.32 Å². The average Bonchev–Trinajstić information content (AvgIpc) is 2.43. The van der Waals surface area contributed by atoms with Crippen LogP contribution in [0.3, 0.4) is 0 Å². The van der Waals surface area contributed by atoms with E-state index < -0.39 is 0 Å². The molecule has 0 aromatic heterocycles. The summed E-state index contributed by atoms with van der Waals surface area (Å²) in [5.74, 6) is 0. The summed E-state index contributed by atoms with van der Waals surface area (Å²) in [5, 5.41) is 3.64. The molecule has 0 heterocycles. The van der Waals surface area contributed by atoms with Gasteiger partial charge in [-0.25, -0.2) is 0 Å². The zero-order valence-corrected chi connectivity index (χ0v) is 13.7. The lowest BCUT2D eigenvalue weighted by atomic mass is 10.0. The number of rotatable bonds is 15. The Morgan fingerprint density at radius 2 is 1.42 bits per heavy atom. The van der Waals surface area contributed by atoms with E-state index in [4.69, 9.17) is 4.74 Å². The maximum Gasteiger partial charge on any atom is 0.0477 e. The zero-order chi connectivity index (χ0) is 14.2. The first-order chi connectivity index (χ1) is 9.35. The molecule has 1 unspecified atom stereocenters. The summed E-state index contributed by atoms with van der Waals surface area (Å²) >= 11 is 0. The molecule has 2 nitrogen and oxygen atoms in total. The second kappa shape index (κ2) is 16.0. The van der Waals surface area contributed by atoms with Crippen molar-refractivity contribution in [1.29, 1.82) is 0 Å². The van der Waals surface area contributed by atoms with E-state index in [0.717, 1.165) is 19.6 Å². The lowest BCUT2D eigenvalue weighted by Crippen LogP contribution is -2.30. The predicted molar refractivity (Wildman–Crippen MR) is 85.8 cm³/mol. The van der Waals surface area contributed by atoms with Gasteiger partial charge < -0.3 is 10.1 Å². The predicted octanol–water partition coefficient (Wildman–Crippen LogP) is 4.92. The van der Waals surface area contributed by atoms with Crippen molar-refractivity contribution in [3.63, 3.8) is 0 Å². The van der Waals surface area contributed by atoms with E-state index >= 15 is 0 Å². The largest absolute Gasteiger partial charge is 0.385 e. The van der Waals surface area contributed by atoms with Gasteiger partial charge in [0.2, 0.25) is 0 Å². The van der Waals surface area contributed by atoms with Crippen LogP contribution in [0, 0.1) is 0 Å². The van der Waals surface area contributed by atoms with E-state index in [1.807, 2.05) is 0 Å². The van der Waals surface area contributed by atoms with E-state index in [1.165, 1.54) is 64.2 Å². The summed E-state index contributed by atoms with van der Waals surface area (Å²) < 4.78 is 5.19. The van der Waals surface area contributed by atoms with Gasteiger partial charge in [-0.05, 0) is 25.8 Å². The molecule has 0 aliphatic carbocycles. The normalized spacial score (nSPS) is 12.8. The van der Waals surface area contributed by atoms with Gasteiger partial charge in [0, 0.05) is 19.8 Å². The van der Waals surface area contributed by atoms with Crippen LogP contribution in [0.5, 0.6) is 0 Å². The molecule has 0 fully saturated rings. The minimum atomic E-state index is 0.667. The summed E-state index contributed by atoms with van der Waals surface area (Å²) in [4.78, 5) is 0. The molecular formula is C17H37NO. The van der Waals surface area contributed by atoms with E-state index in [9.17, 15) is 0 Å². The van der Waals surface area contributed by atoms with Gasteiger partial charge in [-0.3, -0.25) is 0 Å². The molecule has 0 amide bonds. The Hall–Kier alpha value is -0.0800. The molecule has 2 heteroatoms. The maximum atomic E-state index is 5.19. The van der Waals surface area contributed by atoms with Gasteiger partial charge >= 0.3 is 0 Å². The number of hydrogen-bond donors (Lipinski definition) is 1. The molecule has 19 heavy (non-hydrogen) atoms. The quantitative estimate of drug-likeness (QED) is 0.427. The van der Waals surface area contributed by atoms with Gasteiger partial charge in [0.15, 0.2) is 0 Å².